The second kappa shape index (κ2) is 5.99. The Labute approximate surface area is 99.1 Å². The number of hydrogen-bond donors (Lipinski definition) is 2. The number of ether oxygens (including phenoxy) is 1. The molecule has 3 heteroatoms. The summed E-state index contributed by atoms with van der Waals surface area (Å²) in [4.78, 5) is 0. The lowest BCUT2D eigenvalue weighted by Gasteiger charge is -2.33. The fourth-order valence-electron chi connectivity index (χ4n) is 3.52. The van der Waals surface area contributed by atoms with Crippen LogP contribution in [-0.4, -0.2) is 19.3 Å². The summed E-state index contributed by atoms with van der Waals surface area (Å²) in [5.41, 5.74) is 3.08. The van der Waals surface area contributed by atoms with Gasteiger partial charge in [-0.05, 0) is 43.4 Å². The van der Waals surface area contributed by atoms with Gasteiger partial charge in [0.25, 0.3) is 0 Å². The Bertz CT molecular complexity index is 204. The Balaban J connectivity index is 1.88. The molecule has 4 atom stereocenters. The van der Waals surface area contributed by atoms with E-state index in [2.05, 4.69) is 12.3 Å². The van der Waals surface area contributed by atoms with Crippen LogP contribution in [-0.2, 0) is 4.74 Å². The van der Waals surface area contributed by atoms with Gasteiger partial charge in [-0.2, -0.15) is 0 Å². The third kappa shape index (κ3) is 2.76. The van der Waals surface area contributed by atoms with E-state index >= 15 is 0 Å². The standard InChI is InChI=1S/C13H26N2O/c1-2-10-5-6-11(8-10)13(15-14)12-4-3-7-16-9-12/h10-13,15H,2-9,14H2,1H3. The van der Waals surface area contributed by atoms with Gasteiger partial charge in [-0.15, -0.1) is 0 Å². The number of nitrogens with one attached hydrogen (secondary N) is 1. The highest BCUT2D eigenvalue weighted by Crippen LogP contribution is 2.37. The second-order valence-corrected chi connectivity index (χ2v) is 5.52. The highest BCUT2D eigenvalue weighted by molar-refractivity contribution is 4.88. The first-order valence-corrected chi connectivity index (χ1v) is 6.89. The van der Waals surface area contributed by atoms with Crippen LogP contribution in [0, 0.1) is 17.8 Å². The first kappa shape index (κ1) is 12.3. The molecule has 0 aromatic rings. The monoisotopic (exact) mass is 226 g/mol. The van der Waals surface area contributed by atoms with Crippen LogP contribution in [0.4, 0.5) is 0 Å². The lowest BCUT2D eigenvalue weighted by molar-refractivity contribution is 0.0287. The van der Waals surface area contributed by atoms with E-state index < -0.39 is 0 Å². The largest absolute Gasteiger partial charge is 0.381 e. The van der Waals surface area contributed by atoms with Gasteiger partial charge in [0, 0.05) is 12.6 Å². The van der Waals surface area contributed by atoms with Crippen molar-refractivity contribution in [1.29, 1.82) is 0 Å². The summed E-state index contributed by atoms with van der Waals surface area (Å²) in [7, 11) is 0. The maximum Gasteiger partial charge on any atom is 0.0509 e. The van der Waals surface area contributed by atoms with Crippen molar-refractivity contribution in [2.75, 3.05) is 13.2 Å². The Morgan fingerprint density at radius 2 is 2.19 bits per heavy atom. The van der Waals surface area contributed by atoms with E-state index in [9.17, 15) is 0 Å². The normalized spacial score (nSPS) is 37.5. The van der Waals surface area contributed by atoms with Crippen LogP contribution < -0.4 is 11.3 Å². The summed E-state index contributed by atoms with van der Waals surface area (Å²) in [6.07, 6.45) is 7.92. The molecule has 16 heavy (non-hydrogen) atoms. The average molecular weight is 226 g/mol. The zero-order valence-corrected chi connectivity index (χ0v) is 10.5. The number of hydrazine groups is 1. The van der Waals surface area contributed by atoms with E-state index in [1.807, 2.05) is 0 Å². The van der Waals surface area contributed by atoms with Crippen LogP contribution in [0.2, 0.25) is 0 Å². The molecule has 0 radical (unpaired) electrons. The van der Waals surface area contributed by atoms with Crippen molar-refractivity contribution in [3.05, 3.63) is 0 Å². The summed E-state index contributed by atoms with van der Waals surface area (Å²) in [5.74, 6) is 8.12. The van der Waals surface area contributed by atoms with Crippen LogP contribution in [0.25, 0.3) is 0 Å². The van der Waals surface area contributed by atoms with Crippen molar-refractivity contribution < 1.29 is 4.74 Å². The highest BCUT2D eigenvalue weighted by Gasteiger charge is 2.34. The fraction of sp³-hybridized carbons (Fsp3) is 1.00. The molecule has 0 aromatic heterocycles. The molecule has 1 aliphatic heterocycles. The quantitative estimate of drug-likeness (QED) is 0.570. The summed E-state index contributed by atoms with van der Waals surface area (Å²) in [6.45, 7) is 4.15. The van der Waals surface area contributed by atoms with Gasteiger partial charge in [-0.3, -0.25) is 11.3 Å². The van der Waals surface area contributed by atoms with Crippen LogP contribution >= 0.6 is 0 Å². The molecule has 1 saturated heterocycles. The Morgan fingerprint density at radius 1 is 1.31 bits per heavy atom. The van der Waals surface area contributed by atoms with Crippen molar-refractivity contribution in [2.45, 2.75) is 51.5 Å². The molecular weight excluding hydrogens is 200 g/mol. The third-order valence-electron chi connectivity index (χ3n) is 4.56. The predicted octanol–water partition coefficient (Wildman–Crippen LogP) is 2.07. The number of hydrogen-bond acceptors (Lipinski definition) is 3. The smallest absolute Gasteiger partial charge is 0.0509 e. The van der Waals surface area contributed by atoms with Gasteiger partial charge in [-0.1, -0.05) is 19.8 Å². The minimum absolute atomic E-state index is 0.483. The number of nitrogens with two attached hydrogens (primary N) is 1. The van der Waals surface area contributed by atoms with Crippen molar-refractivity contribution >= 4 is 0 Å². The molecule has 94 valence electrons. The molecule has 4 unspecified atom stereocenters. The van der Waals surface area contributed by atoms with Gasteiger partial charge < -0.3 is 4.74 Å². The Hall–Kier alpha value is -0.120. The molecule has 2 rings (SSSR count). The maximum absolute atomic E-state index is 5.76. The summed E-state index contributed by atoms with van der Waals surface area (Å²) < 4.78 is 5.58. The topological polar surface area (TPSA) is 47.3 Å². The highest BCUT2D eigenvalue weighted by atomic mass is 16.5. The molecule has 0 aromatic carbocycles. The zero-order valence-electron chi connectivity index (χ0n) is 10.5. The van der Waals surface area contributed by atoms with Crippen molar-refractivity contribution in [3.63, 3.8) is 0 Å². The number of rotatable bonds is 4. The molecule has 3 N–H and O–H groups in total. The minimum atomic E-state index is 0.483. The van der Waals surface area contributed by atoms with E-state index in [4.69, 9.17) is 10.6 Å². The molecule has 3 nitrogen and oxygen atoms in total. The summed E-state index contributed by atoms with van der Waals surface area (Å²) in [6, 6.07) is 0.483. The maximum atomic E-state index is 5.76. The van der Waals surface area contributed by atoms with Crippen LogP contribution in [0.1, 0.15) is 45.4 Å². The Kier molecular flexibility index (Phi) is 4.62. The minimum Gasteiger partial charge on any atom is -0.381 e. The van der Waals surface area contributed by atoms with E-state index in [-0.39, 0.29) is 0 Å². The first-order chi connectivity index (χ1) is 7.85. The fourth-order valence-corrected chi connectivity index (χ4v) is 3.52. The molecular formula is C13H26N2O. The molecule has 1 saturated carbocycles. The van der Waals surface area contributed by atoms with E-state index in [0.29, 0.717) is 12.0 Å². The van der Waals surface area contributed by atoms with Crippen molar-refractivity contribution in [3.8, 4) is 0 Å². The lowest BCUT2D eigenvalue weighted by Crippen LogP contribution is -2.48. The van der Waals surface area contributed by atoms with Crippen molar-refractivity contribution in [2.24, 2.45) is 23.6 Å². The van der Waals surface area contributed by atoms with Gasteiger partial charge in [0.15, 0.2) is 0 Å². The molecule has 0 amide bonds. The molecule has 1 aliphatic carbocycles. The van der Waals surface area contributed by atoms with Crippen LogP contribution in [0.3, 0.4) is 0 Å². The molecule has 1 heterocycles. The van der Waals surface area contributed by atoms with Gasteiger partial charge >= 0.3 is 0 Å². The first-order valence-electron chi connectivity index (χ1n) is 6.89. The van der Waals surface area contributed by atoms with E-state index in [0.717, 1.165) is 25.0 Å². The predicted molar refractivity (Wildman–Crippen MR) is 65.8 cm³/mol. The van der Waals surface area contributed by atoms with Crippen LogP contribution in [0.5, 0.6) is 0 Å². The zero-order chi connectivity index (χ0) is 11.4. The summed E-state index contributed by atoms with van der Waals surface area (Å²) in [5, 5.41) is 0. The van der Waals surface area contributed by atoms with E-state index in [1.165, 1.54) is 38.5 Å². The molecule has 0 bridgehead atoms. The average Bonchev–Trinajstić information content (AvgIpc) is 2.80. The summed E-state index contributed by atoms with van der Waals surface area (Å²) >= 11 is 0. The third-order valence-corrected chi connectivity index (χ3v) is 4.56. The molecule has 2 aliphatic rings. The van der Waals surface area contributed by atoms with E-state index in [1.54, 1.807) is 0 Å². The Morgan fingerprint density at radius 3 is 2.75 bits per heavy atom. The van der Waals surface area contributed by atoms with Gasteiger partial charge in [0.1, 0.15) is 0 Å². The van der Waals surface area contributed by atoms with Gasteiger partial charge in [0.2, 0.25) is 0 Å². The molecule has 0 spiro atoms. The van der Waals surface area contributed by atoms with Crippen molar-refractivity contribution in [1.82, 2.24) is 5.43 Å². The lowest BCUT2D eigenvalue weighted by atomic mass is 9.84. The SMILES string of the molecule is CCC1CCC(C(NN)C2CCCOC2)C1. The van der Waals surface area contributed by atoms with Gasteiger partial charge in [-0.25, -0.2) is 0 Å². The van der Waals surface area contributed by atoms with Gasteiger partial charge in [0.05, 0.1) is 6.61 Å². The van der Waals surface area contributed by atoms with Crippen LogP contribution in [0.15, 0.2) is 0 Å². The second-order valence-electron chi connectivity index (χ2n) is 5.52. The molecule has 2 fully saturated rings.